The van der Waals surface area contributed by atoms with Gasteiger partial charge >= 0.3 is 6.18 Å². The monoisotopic (exact) mass is 282 g/mol. The van der Waals surface area contributed by atoms with Crippen LogP contribution in [0.15, 0.2) is 30.3 Å². The van der Waals surface area contributed by atoms with Crippen molar-refractivity contribution < 1.29 is 18.0 Å². The van der Waals surface area contributed by atoms with Crippen LogP contribution in [-0.4, -0.2) is 16.0 Å². The Morgan fingerprint density at radius 3 is 2.55 bits per heavy atom. The van der Waals surface area contributed by atoms with Crippen LogP contribution in [0.4, 0.5) is 13.2 Å². The smallest absolute Gasteiger partial charge is 0.293 e. The van der Waals surface area contributed by atoms with E-state index in [1.807, 2.05) is 0 Å². The largest absolute Gasteiger partial charge is 0.416 e. The second-order valence-corrected chi connectivity index (χ2v) is 4.49. The van der Waals surface area contributed by atoms with Crippen LogP contribution in [0.2, 0.25) is 0 Å². The van der Waals surface area contributed by atoms with Gasteiger partial charge in [0.15, 0.2) is 5.78 Å². The van der Waals surface area contributed by atoms with Crippen LogP contribution in [0.3, 0.4) is 0 Å². The van der Waals surface area contributed by atoms with E-state index >= 15 is 0 Å². The molecule has 1 N–H and O–H groups in total. The molecule has 0 atom stereocenters. The second-order valence-electron chi connectivity index (χ2n) is 4.49. The number of Topliss-reactive ketones (excluding diaryl/α,β-unsaturated/α-hetero) is 1. The van der Waals surface area contributed by atoms with Crippen molar-refractivity contribution in [2.24, 2.45) is 0 Å². The van der Waals surface area contributed by atoms with E-state index in [0.29, 0.717) is 17.8 Å². The first-order chi connectivity index (χ1) is 9.38. The van der Waals surface area contributed by atoms with Crippen molar-refractivity contribution in [1.29, 1.82) is 0 Å². The fourth-order valence-corrected chi connectivity index (χ4v) is 1.95. The summed E-state index contributed by atoms with van der Waals surface area (Å²) >= 11 is 0. The van der Waals surface area contributed by atoms with Crippen molar-refractivity contribution >= 4 is 5.78 Å². The van der Waals surface area contributed by atoms with Crippen LogP contribution >= 0.6 is 0 Å². The first-order valence-electron chi connectivity index (χ1n) is 6.08. The van der Waals surface area contributed by atoms with E-state index in [4.69, 9.17) is 0 Å². The zero-order valence-electron chi connectivity index (χ0n) is 10.8. The van der Waals surface area contributed by atoms with Gasteiger partial charge in [0.05, 0.1) is 5.56 Å². The summed E-state index contributed by atoms with van der Waals surface area (Å²) in [6.07, 6.45) is -3.75. The summed E-state index contributed by atoms with van der Waals surface area (Å²) in [4.78, 5) is 11.1. The molecule has 0 spiro atoms. The highest BCUT2D eigenvalue weighted by Crippen LogP contribution is 2.32. The number of aromatic nitrogens is 2. The summed E-state index contributed by atoms with van der Waals surface area (Å²) in [6.45, 7) is 1.39. The fourth-order valence-electron chi connectivity index (χ4n) is 1.95. The number of hydrogen-bond donors (Lipinski definition) is 1. The van der Waals surface area contributed by atoms with Crippen molar-refractivity contribution in [3.05, 3.63) is 52.8 Å². The normalized spacial score (nSPS) is 11.6. The Morgan fingerprint density at radius 1 is 1.25 bits per heavy atom. The number of ketones is 1. The zero-order valence-corrected chi connectivity index (χ0v) is 10.8. The molecule has 6 heteroatoms. The number of hydrogen-bond acceptors (Lipinski definition) is 2. The molecule has 0 aliphatic rings. The minimum absolute atomic E-state index is 0.178. The number of aryl methyl sites for hydroxylation is 2. The van der Waals surface area contributed by atoms with Crippen molar-refractivity contribution in [2.75, 3.05) is 0 Å². The standard InChI is InChI=1S/C14H13F3N2O/c1-9(20)13-8-11(18-19-13)7-6-10-4-2-3-5-12(10)14(15,16)17/h2-5,8H,6-7H2,1H3,(H,18,19). The molecule has 0 amide bonds. The summed E-state index contributed by atoms with van der Waals surface area (Å²) < 4.78 is 38.5. The Balaban J connectivity index is 2.13. The third-order valence-corrected chi connectivity index (χ3v) is 2.98. The molecule has 1 aromatic heterocycles. The number of nitrogens with zero attached hydrogens (tertiary/aromatic N) is 1. The van der Waals surface area contributed by atoms with Crippen molar-refractivity contribution in [3.63, 3.8) is 0 Å². The zero-order chi connectivity index (χ0) is 14.8. The number of alkyl halides is 3. The number of halogens is 3. The summed E-state index contributed by atoms with van der Waals surface area (Å²) in [5.74, 6) is -0.178. The molecule has 0 saturated carbocycles. The van der Waals surface area contributed by atoms with Crippen LogP contribution in [0, 0.1) is 0 Å². The Labute approximate surface area is 113 Å². The van der Waals surface area contributed by atoms with Gasteiger partial charge in [-0.25, -0.2) is 0 Å². The van der Waals surface area contributed by atoms with E-state index in [1.165, 1.54) is 19.1 Å². The van der Waals surface area contributed by atoms with E-state index in [-0.39, 0.29) is 17.8 Å². The van der Waals surface area contributed by atoms with Gasteiger partial charge in [-0.05, 0) is 30.5 Å². The first kappa shape index (κ1) is 14.3. The van der Waals surface area contributed by atoms with Gasteiger partial charge in [0.2, 0.25) is 0 Å². The van der Waals surface area contributed by atoms with Crippen LogP contribution in [0.25, 0.3) is 0 Å². The molecule has 2 rings (SSSR count). The Kier molecular flexibility index (Phi) is 3.92. The number of carbonyl (C=O) groups excluding carboxylic acids is 1. The molecule has 1 heterocycles. The molecule has 106 valence electrons. The third-order valence-electron chi connectivity index (χ3n) is 2.98. The Morgan fingerprint density at radius 2 is 1.95 bits per heavy atom. The lowest BCUT2D eigenvalue weighted by Crippen LogP contribution is -2.09. The van der Waals surface area contributed by atoms with E-state index in [0.717, 1.165) is 6.07 Å². The SMILES string of the molecule is CC(=O)c1cc(CCc2ccccc2C(F)(F)F)[nH]n1. The van der Waals surface area contributed by atoms with E-state index in [1.54, 1.807) is 12.1 Å². The summed E-state index contributed by atoms with van der Waals surface area (Å²) in [7, 11) is 0. The van der Waals surface area contributed by atoms with Gasteiger partial charge in [0.25, 0.3) is 0 Å². The highest BCUT2D eigenvalue weighted by molar-refractivity contribution is 5.92. The quantitative estimate of drug-likeness (QED) is 0.873. The van der Waals surface area contributed by atoms with Crippen LogP contribution < -0.4 is 0 Å². The minimum atomic E-state index is -4.35. The van der Waals surface area contributed by atoms with Crippen molar-refractivity contribution in [1.82, 2.24) is 10.2 Å². The molecule has 0 radical (unpaired) electrons. The molecular formula is C14H13F3N2O. The lowest BCUT2D eigenvalue weighted by molar-refractivity contribution is -0.138. The average molecular weight is 282 g/mol. The summed E-state index contributed by atoms with van der Waals surface area (Å²) in [5, 5.41) is 6.47. The number of H-pyrrole nitrogens is 1. The molecule has 0 fully saturated rings. The number of benzene rings is 1. The molecule has 0 aliphatic carbocycles. The van der Waals surface area contributed by atoms with Crippen LogP contribution in [-0.2, 0) is 19.0 Å². The summed E-state index contributed by atoms with van der Waals surface area (Å²) in [6, 6.07) is 7.06. The topological polar surface area (TPSA) is 45.8 Å². The number of nitrogens with one attached hydrogen (secondary N) is 1. The maximum atomic E-state index is 12.8. The number of carbonyl (C=O) groups is 1. The molecule has 0 aliphatic heterocycles. The lowest BCUT2D eigenvalue weighted by atomic mass is 10.0. The molecule has 0 saturated heterocycles. The molecule has 2 aromatic rings. The lowest BCUT2D eigenvalue weighted by Gasteiger charge is -2.11. The van der Waals surface area contributed by atoms with Gasteiger partial charge in [-0.1, -0.05) is 18.2 Å². The predicted octanol–water partition coefficient (Wildman–Crippen LogP) is 3.42. The van der Waals surface area contributed by atoms with E-state index in [9.17, 15) is 18.0 Å². The van der Waals surface area contributed by atoms with Gasteiger partial charge in [0, 0.05) is 12.6 Å². The van der Waals surface area contributed by atoms with Crippen molar-refractivity contribution in [3.8, 4) is 0 Å². The maximum absolute atomic E-state index is 12.8. The van der Waals surface area contributed by atoms with Crippen LogP contribution in [0.5, 0.6) is 0 Å². The average Bonchev–Trinajstić information content (AvgIpc) is 2.84. The van der Waals surface area contributed by atoms with Gasteiger partial charge in [0.1, 0.15) is 5.69 Å². The Hall–Kier alpha value is -2.11. The van der Waals surface area contributed by atoms with Crippen molar-refractivity contribution in [2.45, 2.75) is 25.9 Å². The minimum Gasteiger partial charge on any atom is -0.293 e. The molecule has 20 heavy (non-hydrogen) atoms. The number of rotatable bonds is 4. The molecule has 1 aromatic carbocycles. The predicted molar refractivity (Wildman–Crippen MR) is 67.4 cm³/mol. The van der Waals surface area contributed by atoms with Crippen LogP contribution in [0.1, 0.15) is 34.2 Å². The van der Waals surface area contributed by atoms with Gasteiger partial charge in [-0.15, -0.1) is 0 Å². The number of aromatic amines is 1. The molecule has 0 bridgehead atoms. The fraction of sp³-hybridized carbons (Fsp3) is 0.286. The second kappa shape index (κ2) is 5.48. The third kappa shape index (κ3) is 3.26. The molecular weight excluding hydrogens is 269 g/mol. The molecule has 0 unspecified atom stereocenters. The molecule has 3 nitrogen and oxygen atoms in total. The van der Waals surface area contributed by atoms with Gasteiger partial charge in [-0.3, -0.25) is 9.89 Å². The van der Waals surface area contributed by atoms with Gasteiger partial charge < -0.3 is 0 Å². The highest BCUT2D eigenvalue weighted by atomic mass is 19.4. The van der Waals surface area contributed by atoms with E-state index < -0.39 is 11.7 Å². The first-order valence-corrected chi connectivity index (χ1v) is 6.08. The van der Waals surface area contributed by atoms with E-state index in [2.05, 4.69) is 10.2 Å². The Bertz CT molecular complexity index is 617. The maximum Gasteiger partial charge on any atom is 0.416 e. The summed E-state index contributed by atoms with van der Waals surface area (Å²) in [5.41, 5.74) is 0.557. The highest BCUT2D eigenvalue weighted by Gasteiger charge is 2.32. The van der Waals surface area contributed by atoms with Gasteiger partial charge in [-0.2, -0.15) is 18.3 Å².